The van der Waals surface area contributed by atoms with Crippen LogP contribution >= 0.6 is 0 Å². The summed E-state index contributed by atoms with van der Waals surface area (Å²) in [5.74, 6) is 0. The van der Waals surface area contributed by atoms with Crippen molar-refractivity contribution in [2.45, 2.75) is 429 Å². The SMILES string of the molecule is [3H]CCC[Si](CCC[3H])(CCC[3H])CCCOCC(COCC)(COCCC[Si](CCC[3H])(CCC[3H])CCC[3H])COCC(COCCC[Si](CCC[3H])(CCC[3H])CCC[3H])(COCCC[Si](CCC[3H])(CCC[3H])CCC[3H])COCCC[Si](CCC[3H])(CCC[3H])CCC[3H].[3H]O[Si](CCCOCC(COCC)(COCCC[Si](O[3H])(O[3H])O[3H])COCC(COCCC[Si](O[3H])(O[3H])O[3H])(COCCC[Si](O[3H])(O[3H])O[3H])COCCC[Si](O[3H])(O[3H])O[3H])(O[3H])O[3H]. The molecule has 0 rings (SSSR count). The Morgan fingerprint density at radius 2 is 0.275 bits per heavy atom. The van der Waals surface area contributed by atoms with E-state index in [1.807, 2.05) is 6.92 Å². The van der Waals surface area contributed by atoms with Crippen molar-refractivity contribution in [3.05, 3.63) is 0 Å². The van der Waals surface area contributed by atoms with Crippen LogP contribution in [0.1, 0.15) is 298 Å². The van der Waals surface area contributed by atoms with Gasteiger partial charge in [0.1, 0.15) is 0 Å². The van der Waals surface area contributed by atoms with E-state index in [0.29, 0.717) is 183 Å². The highest BCUT2D eigenvalue weighted by Crippen LogP contribution is 2.39. The molecule has 138 heavy (non-hydrogen) atoms. The van der Waals surface area contributed by atoms with Crippen LogP contribution in [0.15, 0.2) is 0 Å². The smallest absolute Gasteiger partial charge is 0.390 e. The molecule has 832 valence electrons. The van der Waals surface area contributed by atoms with Crippen LogP contribution in [0.25, 0.3) is 0 Å². The van der Waals surface area contributed by atoms with E-state index in [4.69, 9.17) is 108 Å². The summed E-state index contributed by atoms with van der Waals surface area (Å²) >= 11 is 0. The molecule has 0 aliphatic heterocycles. The molecule has 0 aromatic rings. The molecule has 0 amide bonds. The lowest BCUT2D eigenvalue weighted by atomic mass is 9.90. The second kappa shape index (κ2) is 82.7. The minimum atomic E-state index is -3.95. The van der Waals surface area contributed by atoms with Crippen LogP contribution in [-0.2, 0) is 66.3 Å². The van der Waals surface area contributed by atoms with Gasteiger partial charge in [-0.15, -0.1) is 0 Å². The van der Waals surface area contributed by atoms with E-state index in [-0.39, 0.29) is 168 Å². The van der Waals surface area contributed by atoms with Gasteiger partial charge in [-0.1, -0.05) is 321 Å². The third-order valence-corrected chi connectivity index (χ3v) is 59.5. The molecule has 0 aliphatic rings. The second-order valence-corrected chi connectivity index (χ2v) is 74.1. The third kappa shape index (κ3) is 72.5. The van der Waals surface area contributed by atoms with Gasteiger partial charge in [-0.25, -0.2) is 0 Å². The minimum Gasteiger partial charge on any atom is -0.390 e. The lowest BCUT2D eigenvalue weighted by Crippen LogP contribution is -2.46. The van der Waals surface area contributed by atoms with Crippen LogP contribution in [0, 0.1) is 21.7 Å². The minimum absolute atomic E-state index is 0.00143. The molecule has 0 unspecified atom stereocenters. The van der Waals surface area contributed by atoms with Crippen LogP contribution in [-0.4, -0.2) is 363 Å². The van der Waals surface area contributed by atoms with E-state index < -0.39 is 106 Å². The van der Waals surface area contributed by atoms with Crippen LogP contribution in [0.2, 0.25) is 151 Å². The fourth-order valence-electron chi connectivity index (χ4n) is 19.6. The first-order valence-corrected chi connectivity index (χ1v) is 75.9. The van der Waals surface area contributed by atoms with Crippen LogP contribution < -0.4 is 0 Å². The van der Waals surface area contributed by atoms with Crippen molar-refractivity contribution in [3.63, 3.8) is 0 Å². The Kier molecular flexibility index (Phi) is 56.9. The largest absolute Gasteiger partial charge is 0.492 e. The lowest BCUT2D eigenvalue weighted by Gasteiger charge is -2.37. The normalized spacial score (nSPS) is 16.4. The van der Waals surface area contributed by atoms with Crippen molar-refractivity contribution in [1.29, 1.82) is 21.5 Å². The summed E-state index contributed by atoms with van der Waals surface area (Å²) in [6.07, 6.45) is 17.8. The molecule has 39 heteroatoms. The zero-order chi connectivity index (χ0) is 125. The molecule has 0 heterocycles. The zero-order valence-electron chi connectivity index (χ0n) is 117. The summed E-state index contributed by atoms with van der Waals surface area (Å²) in [7, 11) is -29.0. The Hall–Kier alpha value is 1.01. The highest BCUT2D eigenvalue weighted by atomic mass is 28.4. The molecular weight excluding hydrogens is 1930 g/mol. The van der Waals surface area contributed by atoms with Crippen molar-refractivity contribution in [3.8, 4) is 0 Å². The molecule has 0 aromatic carbocycles. The highest BCUT2D eigenvalue weighted by Gasteiger charge is 2.43. The van der Waals surface area contributed by atoms with Crippen molar-refractivity contribution in [1.82, 2.24) is 0 Å². The van der Waals surface area contributed by atoms with E-state index in [9.17, 15) is 0 Å². The molecule has 0 atom stereocenters. The van der Waals surface area contributed by atoms with Gasteiger partial charge in [0.05, 0.1) is 168 Å². The number of hydrogen-bond acceptors (Lipinski definition) is 29. The van der Waals surface area contributed by atoms with Gasteiger partial charge in [0.25, 0.3) is 0 Å². The predicted molar refractivity (Wildman–Crippen MR) is 584 cm³/mol. The molecule has 15 N–H and O–H groups in total. The zero-order valence-corrected chi connectivity index (χ0v) is 96.6. The summed E-state index contributed by atoms with van der Waals surface area (Å²) in [6.45, 7) is 14.4. The molecule has 29 nitrogen and oxygen atoms in total. The van der Waals surface area contributed by atoms with E-state index in [2.05, 4.69) is 72.0 Å². The fourth-order valence-corrected chi connectivity index (χ4v) is 45.7. The fraction of sp³-hybridized carbons (Fsp3) is 1.00. The van der Waals surface area contributed by atoms with E-state index >= 15 is 0 Å². The highest BCUT2D eigenvalue weighted by molar-refractivity contribution is 6.81. The van der Waals surface area contributed by atoms with Crippen LogP contribution in [0.3, 0.4) is 0 Å². The molecule has 0 saturated carbocycles. The molecule has 0 fully saturated rings. The number of ether oxygens (including phenoxy) is 14. The Morgan fingerprint density at radius 1 is 0.159 bits per heavy atom. The first kappa shape index (κ1) is 94.9. The monoisotopic (exact) mass is 2220 g/mol. The summed E-state index contributed by atoms with van der Waals surface area (Å²) in [5.41, 5.74) is -3.79. The predicted octanol–water partition coefficient (Wildman–Crippen LogP) is 18.1. The van der Waals surface area contributed by atoms with Gasteiger partial charge in [0.2, 0.25) is 0 Å². The van der Waals surface area contributed by atoms with Gasteiger partial charge in [0.15, 0.2) is 21.5 Å². The standard InChI is InChI=1S/C72H156O7Si5.C27H66O22Si5/c1-17-43-80(44-18-2,45-19-3)58-33-38-74-64-71(63-73-32-16,65-75-39-34-59-81(46-20-4,47-21-5)48-22-6)69-79-70-72(66-76-40-35-60-82(49-23-7,50-24-8)51-25-9,67-77-41-36-61-83(52-26-10,53-27-11)54-28-12)68-78-42-37-62-84(55-29-13,56-30-14)57-31-15;1-2-43-18-26(19-44-8-3-13-50(28,29)30,20-45-9-4-14-51(31,32)33)24-49-25-27(21-46-10-5-15-52(34,35)36,22-47-11-6-16-53(37,38)39)23-48-12-7-17-54(40,41)42/h17-70H2,1-16H3;28-42H,2-25H2,1H3/i1T,2T,3T,4T,5T,6T,7T,8T,9T,10T,11T,12T,13T,14T,15T;28T,29T,30T,31T,32T,33T,34T,35T,36T,37T,38T,39T,40T,41T,42T. The third-order valence-electron chi connectivity index (χ3n) is 26.4. The molecule has 0 saturated heterocycles. The van der Waals surface area contributed by atoms with Crippen molar-refractivity contribution >= 4 is 84.4 Å². The first-order valence-electron chi connectivity index (χ1n) is 68.8. The molecule has 0 spiro atoms. The quantitative estimate of drug-likeness (QED) is 0.0199. The van der Waals surface area contributed by atoms with Crippen LogP contribution in [0.5, 0.6) is 0 Å². The lowest BCUT2D eigenvalue weighted by molar-refractivity contribution is -0.142. The average Bonchev–Trinajstić information content (AvgIpc) is 0.830. The second-order valence-electron chi connectivity index (χ2n) is 39.8. The summed E-state index contributed by atoms with van der Waals surface area (Å²) in [4.78, 5) is 66.2. The molecule has 0 bridgehead atoms. The van der Waals surface area contributed by atoms with Gasteiger partial charge in [-0.3, -0.25) is 0 Å². The van der Waals surface area contributed by atoms with Gasteiger partial charge < -0.3 is 138 Å². The van der Waals surface area contributed by atoms with Crippen molar-refractivity contribution in [2.75, 3.05) is 185 Å². The Labute approximate surface area is 896 Å². The van der Waals surface area contributed by atoms with Crippen LogP contribution in [0.4, 0.5) is 0 Å². The molecule has 0 aliphatic carbocycles. The summed E-state index contributed by atoms with van der Waals surface area (Å²) in [6, 6.07) is 20.4. The van der Waals surface area contributed by atoms with Gasteiger partial charge in [-0.05, 0) is 78.1 Å². The Balaban J connectivity index is 0. The van der Waals surface area contributed by atoms with Gasteiger partial charge in [0, 0.05) is 130 Å². The van der Waals surface area contributed by atoms with Gasteiger partial charge >= 0.3 is 44.0 Å². The Bertz CT molecular complexity index is 2980. The number of hydrogen-bond donors (Lipinski definition) is 15. The maximum absolute atomic E-state index is 8.12. The Morgan fingerprint density at radius 3 is 0.391 bits per heavy atom. The first-order chi connectivity index (χ1) is 81.4. The summed E-state index contributed by atoms with van der Waals surface area (Å²) in [5, 5.41) is 0. The average molecular weight is 2220 g/mol. The summed E-state index contributed by atoms with van der Waals surface area (Å²) < 4.78 is 321. The van der Waals surface area contributed by atoms with Crippen molar-refractivity contribution in [2.24, 2.45) is 21.7 Å². The van der Waals surface area contributed by atoms with E-state index in [1.165, 1.54) is 0 Å². The van der Waals surface area contributed by atoms with Gasteiger partial charge in [-0.2, -0.15) is 0 Å². The topological polar surface area (TPSA) is 433 Å². The van der Waals surface area contributed by atoms with E-state index in [0.717, 1.165) is 249 Å². The molecule has 0 radical (unpaired) electrons. The van der Waals surface area contributed by atoms with Crippen molar-refractivity contribution < 1.29 is 159 Å². The molecule has 0 aromatic heterocycles. The number of rotatable bonds is 119. The maximum atomic E-state index is 8.12. The molecular formula is C99H222O29Si10. The maximum Gasteiger partial charge on any atom is 0.492 e. The van der Waals surface area contributed by atoms with E-state index in [1.54, 1.807) is 6.92 Å².